The average molecular weight is 373 g/mol. The molecule has 0 saturated heterocycles. The van der Waals surface area contributed by atoms with Gasteiger partial charge in [0.15, 0.2) is 0 Å². The van der Waals surface area contributed by atoms with Crippen molar-refractivity contribution in [3.8, 4) is 0 Å². The lowest BCUT2D eigenvalue weighted by Crippen LogP contribution is -2.21. The summed E-state index contributed by atoms with van der Waals surface area (Å²) in [5, 5.41) is 0.113. The van der Waals surface area contributed by atoms with Crippen molar-refractivity contribution in [1.82, 2.24) is 4.90 Å². The minimum atomic E-state index is -3.88. The number of amides is 1. The van der Waals surface area contributed by atoms with Gasteiger partial charge in [-0.2, -0.15) is 0 Å². The van der Waals surface area contributed by atoms with Crippen molar-refractivity contribution >= 4 is 44.8 Å². The molecule has 122 valence electrons. The molecule has 0 unspecified atom stereocenters. The number of nitrogens with zero attached hydrogens (tertiary/aromatic N) is 1. The van der Waals surface area contributed by atoms with Crippen LogP contribution in [0.4, 0.5) is 5.69 Å². The number of sulfonamides is 1. The smallest absolute Gasteiger partial charge is 0.263 e. The normalized spacial score (nSPS) is 11.1. The molecule has 0 heterocycles. The van der Waals surface area contributed by atoms with Crippen LogP contribution >= 0.6 is 23.2 Å². The summed E-state index contributed by atoms with van der Waals surface area (Å²) < 4.78 is 27.1. The van der Waals surface area contributed by atoms with E-state index in [0.29, 0.717) is 11.3 Å². The summed E-state index contributed by atoms with van der Waals surface area (Å²) in [6, 6.07) is 10.5. The van der Waals surface area contributed by atoms with Crippen LogP contribution in [0.5, 0.6) is 0 Å². The molecule has 23 heavy (non-hydrogen) atoms. The maximum Gasteiger partial charge on any atom is 0.263 e. The highest BCUT2D eigenvalue weighted by Gasteiger charge is 2.19. The molecule has 0 aliphatic rings. The van der Waals surface area contributed by atoms with Gasteiger partial charge in [-0.1, -0.05) is 29.3 Å². The molecule has 2 rings (SSSR count). The Labute approximate surface area is 144 Å². The standard InChI is InChI=1S/C15H14Cl2N2O3S/c1-19(2)15(20)10-6-8-11(9-7-10)18-23(21,22)13-5-3-4-12(16)14(13)17/h3-9,18H,1-2H3. The van der Waals surface area contributed by atoms with Crippen molar-refractivity contribution in [3.63, 3.8) is 0 Å². The van der Waals surface area contributed by atoms with Crippen LogP contribution in [-0.4, -0.2) is 33.3 Å². The third-order valence-corrected chi connectivity index (χ3v) is 5.35. The van der Waals surface area contributed by atoms with E-state index >= 15 is 0 Å². The van der Waals surface area contributed by atoms with Crippen LogP contribution in [0.2, 0.25) is 10.0 Å². The van der Waals surface area contributed by atoms with E-state index in [1.54, 1.807) is 26.2 Å². The maximum atomic E-state index is 12.4. The summed E-state index contributed by atoms with van der Waals surface area (Å²) in [4.78, 5) is 13.1. The van der Waals surface area contributed by atoms with Crippen molar-refractivity contribution < 1.29 is 13.2 Å². The molecule has 0 spiro atoms. The minimum absolute atomic E-state index is 0.0407. The zero-order chi connectivity index (χ0) is 17.2. The average Bonchev–Trinajstić information content (AvgIpc) is 2.49. The van der Waals surface area contributed by atoms with E-state index in [1.807, 2.05) is 0 Å². The summed E-state index contributed by atoms with van der Waals surface area (Å²) in [5.41, 5.74) is 0.773. The Balaban J connectivity index is 2.28. The molecule has 0 aliphatic heterocycles. The summed E-state index contributed by atoms with van der Waals surface area (Å²) in [5.74, 6) is -0.169. The summed E-state index contributed by atoms with van der Waals surface area (Å²) >= 11 is 11.8. The largest absolute Gasteiger partial charge is 0.345 e. The Morgan fingerprint density at radius 3 is 2.22 bits per heavy atom. The van der Waals surface area contributed by atoms with E-state index in [2.05, 4.69) is 4.72 Å². The Morgan fingerprint density at radius 1 is 1.04 bits per heavy atom. The highest BCUT2D eigenvalue weighted by atomic mass is 35.5. The lowest BCUT2D eigenvalue weighted by Gasteiger charge is -2.12. The van der Waals surface area contributed by atoms with Gasteiger partial charge in [0.2, 0.25) is 0 Å². The highest BCUT2D eigenvalue weighted by molar-refractivity contribution is 7.92. The first-order chi connectivity index (χ1) is 10.7. The van der Waals surface area contributed by atoms with Crippen LogP contribution in [-0.2, 0) is 10.0 Å². The number of carbonyl (C=O) groups is 1. The van der Waals surface area contributed by atoms with Gasteiger partial charge in [0.25, 0.3) is 15.9 Å². The maximum absolute atomic E-state index is 12.4. The monoisotopic (exact) mass is 372 g/mol. The molecule has 1 N–H and O–H groups in total. The second-order valence-electron chi connectivity index (χ2n) is 4.93. The number of hydrogen-bond donors (Lipinski definition) is 1. The second-order valence-corrected chi connectivity index (χ2v) is 7.37. The Morgan fingerprint density at radius 2 is 1.65 bits per heavy atom. The predicted molar refractivity (Wildman–Crippen MR) is 91.7 cm³/mol. The molecule has 0 atom stereocenters. The fourth-order valence-electron chi connectivity index (χ4n) is 1.84. The molecule has 0 aliphatic carbocycles. The summed E-state index contributed by atoms with van der Waals surface area (Å²) in [6.07, 6.45) is 0. The molecular formula is C15H14Cl2N2O3S. The molecule has 5 nitrogen and oxygen atoms in total. The van der Waals surface area contributed by atoms with Crippen LogP contribution in [0.3, 0.4) is 0 Å². The Kier molecular flexibility index (Phi) is 5.19. The van der Waals surface area contributed by atoms with Crippen molar-refractivity contribution in [2.75, 3.05) is 18.8 Å². The van der Waals surface area contributed by atoms with Gasteiger partial charge in [-0.25, -0.2) is 8.42 Å². The number of nitrogens with one attached hydrogen (secondary N) is 1. The first-order valence-electron chi connectivity index (χ1n) is 6.51. The van der Waals surface area contributed by atoms with E-state index in [-0.39, 0.29) is 20.8 Å². The fourth-order valence-corrected chi connectivity index (χ4v) is 3.66. The molecule has 0 aromatic heterocycles. The molecule has 2 aromatic rings. The number of anilines is 1. The van der Waals surface area contributed by atoms with Gasteiger partial charge in [0.05, 0.1) is 10.0 Å². The van der Waals surface area contributed by atoms with Crippen LogP contribution in [0.1, 0.15) is 10.4 Å². The molecule has 2 aromatic carbocycles. The van der Waals surface area contributed by atoms with Gasteiger partial charge in [0, 0.05) is 25.3 Å². The van der Waals surface area contributed by atoms with Crippen LogP contribution in [0, 0.1) is 0 Å². The number of halogens is 2. The third kappa shape index (κ3) is 3.96. The SMILES string of the molecule is CN(C)C(=O)c1ccc(NS(=O)(=O)c2cccc(Cl)c2Cl)cc1. The Hall–Kier alpha value is -1.76. The van der Waals surface area contributed by atoms with E-state index in [1.165, 1.54) is 35.2 Å². The predicted octanol–water partition coefficient (Wildman–Crippen LogP) is 3.50. The van der Waals surface area contributed by atoms with Crippen LogP contribution in [0.25, 0.3) is 0 Å². The van der Waals surface area contributed by atoms with Crippen LogP contribution in [0.15, 0.2) is 47.4 Å². The molecule has 0 saturated carbocycles. The number of hydrogen-bond acceptors (Lipinski definition) is 3. The minimum Gasteiger partial charge on any atom is -0.345 e. The second kappa shape index (κ2) is 6.78. The van der Waals surface area contributed by atoms with Crippen molar-refractivity contribution in [2.24, 2.45) is 0 Å². The topological polar surface area (TPSA) is 66.5 Å². The molecule has 0 fully saturated rings. The van der Waals surface area contributed by atoms with Gasteiger partial charge in [-0.3, -0.25) is 9.52 Å². The molecule has 1 amide bonds. The lowest BCUT2D eigenvalue weighted by molar-refractivity contribution is 0.0827. The van der Waals surface area contributed by atoms with Gasteiger partial charge < -0.3 is 4.90 Å². The van der Waals surface area contributed by atoms with Crippen molar-refractivity contribution in [1.29, 1.82) is 0 Å². The Bertz CT molecular complexity index is 834. The zero-order valence-corrected chi connectivity index (χ0v) is 14.7. The zero-order valence-electron chi connectivity index (χ0n) is 12.4. The van der Waals surface area contributed by atoms with Crippen molar-refractivity contribution in [2.45, 2.75) is 4.90 Å². The quantitative estimate of drug-likeness (QED) is 0.892. The van der Waals surface area contributed by atoms with Crippen LogP contribution < -0.4 is 4.72 Å². The third-order valence-electron chi connectivity index (χ3n) is 3.00. The van der Waals surface area contributed by atoms with E-state index in [4.69, 9.17) is 23.2 Å². The number of carbonyl (C=O) groups excluding carboxylic acids is 1. The molecular weight excluding hydrogens is 359 g/mol. The lowest BCUT2D eigenvalue weighted by atomic mass is 10.2. The van der Waals surface area contributed by atoms with Gasteiger partial charge in [0.1, 0.15) is 4.90 Å². The van der Waals surface area contributed by atoms with E-state index < -0.39 is 10.0 Å². The molecule has 8 heteroatoms. The van der Waals surface area contributed by atoms with E-state index in [9.17, 15) is 13.2 Å². The van der Waals surface area contributed by atoms with Gasteiger partial charge in [-0.15, -0.1) is 0 Å². The van der Waals surface area contributed by atoms with Crippen molar-refractivity contribution in [3.05, 3.63) is 58.1 Å². The fraction of sp³-hybridized carbons (Fsp3) is 0.133. The molecule has 0 radical (unpaired) electrons. The molecule has 0 bridgehead atoms. The summed E-state index contributed by atoms with van der Waals surface area (Å²) in [7, 11) is -0.600. The number of rotatable bonds is 4. The number of benzene rings is 2. The van der Waals surface area contributed by atoms with E-state index in [0.717, 1.165) is 0 Å². The van der Waals surface area contributed by atoms with Gasteiger partial charge in [-0.05, 0) is 36.4 Å². The van der Waals surface area contributed by atoms with Gasteiger partial charge >= 0.3 is 0 Å². The summed E-state index contributed by atoms with van der Waals surface area (Å²) in [6.45, 7) is 0. The highest BCUT2D eigenvalue weighted by Crippen LogP contribution is 2.30. The first-order valence-corrected chi connectivity index (χ1v) is 8.75. The first kappa shape index (κ1) is 17.6.